The van der Waals surface area contributed by atoms with Crippen molar-refractivity contribution in [2.45, 2.75) is 26.0 Å². The first-order valence-electron chi connectivity index (χ1n) is 12.3. The monoisotopic (exact) mass is 564 g/mol. The number of thiophene rings is 1. The zero-order chi connectivity index (χ0) is 28.6. The van der Waals surface area contributed by atoms with Crippen molar-refractivity contribution in [2.24, 2.45) is 7.05 Å². The molecule has 0 saturated carbocycles. The number of hydrogen-bond acceptors (Lipinski definition) is 7. The zero-order valence-corrected chi connectivity index (χ0v) is 22.7. The lowest BCUT2D eigenvalue weighted by Crippen LogP contribution is -2.24. The van der Waals surface area contributed by atoms with Crippen LogP contribution in [0.2, 0.25) is 0 Å². The van der Waals surface area contributed by atoms with Crippen molar-refractivity contribution in [1.82, 2.24) is 30.0 Å². The number of aliphatic hydroxyl groups excluding tert-OH is 1. The Balaban J connectivity index is 1.79. The molecule has 3 N–H and O–H groups in total. The number of aryl methyl sites for hydroxylation is 1. The number of halogens is 2. The summed E-state index contributed by atoms with van der Waals surface area (Å²) < 4.78 is 38.2. The van der Waals surface area contributed by atoms with Crippen LogP contribution in [-0.4, -0.2) is 48.5 Å². The average molecular weight is 565 g/mol. The quantitative estimate of drug-likeness (QED) is 0.213. The second-order valence-electron chi connectivity index (χ2n) is 9.34. The first-order chi connectivity index (χ1) is 19.2. The summed E-state index contributed by atoms with van der Waals surface area (Å²) in [5, 5.41) is 22.5. The Labute approximate surface area is 232 Å². The van der Waals surface area contributed by atoms with E-state index in [9.17, 15) is 14.3 Å². The fourth-order valence-corrected chi connectivity index (χ4v) is 5.27. The van der Waals surface area contributed by atoms with Gasteiger partial charge in [-0.05, 0) is 37.4 Å². The van der Waals surface area contributed by atoms with E-state index >= 15 is 4.39 Å². The van der Waals surface area contributed by atoms with Crippen molar-refractivity contribution in [3.8, 4) is 39.7 Å². The number of imidazole rings is 1. The normalized spacial score (nSPS) is 12.8. The summed E-state index contributed by atoms with van der Waals surface area (Å²) in [5.74, 6) is -2.11. The van der Waals surface area contributed by atoms with Crippen LogP contribution in [0.5, 0.6) is 5.75 Å². The number of pyridine rings is 1. The van der Waals surface area contributed by atoms with Crippen LogP contribution >= 0.6 is 11.3 Å². The second kappa shape index (κ2) is 11.0. The average Bonchev–Trinajstić information content (AvgIpc) is 3.67. The summed E-state index contributed by atoms with van der Waals surface area (Å²) in [6.07, 6.45) is 3.78. The number of carbonyl (C=O) groups is 1. The molecule has 0 aliphatic rings. The van der Waals surface area contributed by atoms with E-state index in [1.807, 2.05) is 24.7 Å². The number of aromatic amines is 1. The number of nitrogens with zero attached hydrogens (tertiary/aromatic N) is 4. The van der Waals surface area contributed by atoms with Crippen molar-refractivity contribution >= 4 is 27.3 Å². The Morgan fingerprint density at radius 3 is 2.75 bits per heavy atom. The molecule has 206 valence electrons. The van der Waals surface area contributed by atoms with Gasteiger partial charge >= 0.3 is 0 Å². The molecule has 5 rings (SSSR count). The number of fused-ring (bicyclic) bond motifs is 1. The van der Waals surface area contributed by atoms with E-state index in [0.29, 0.717) is 38.7 Å². The molecule has 4 aromatic heterocycles. The minimum absolute atomic E-state index is 0.0119. The maximum Gasteiger partial charge on any atom is 0.243 e. The standard InChI is InChI=1S/C28H26F2N6O3S/c1-5-23(38)32-15(3)19-10-20(35-34-19)27-25(24-18(30)8-16(29)9-22(24)39-12-14(2)37)28-17(6-7-40-28)26(33-27)21-11-36(4)13-31-21/h5-11,13-15,37H,1,12H2,2-4H3,(H,32,38)(H,34,35). The number of nitrogens with one attached hydrogen (secondary N) is 2. The molecule has 0 aliphatic carbocycles. The highest BCUT2D eigenvalue weighted by Gasteiger charge is 2.27. The maximum atomic E-state index is 15.7. The van der Waals surface area contributed by atoms with Crippen molar-refractivity contribution in [1.29, 1.82) is 0 Å². The van der Waals surface area contributed by atoms with Gasteiger partial charge in [-0.25, -0.2) is 18.7 Å². The number of H-pyrrole nitrogens is 1. The summed E-state index contributed by atoms with van der Waals surface area (Å²) in [6.45, 7) is 6.59. The first kappa shape index (κ1) is 27.2. The third-order valence-corrected chi connectivity index (χ3v) is 7.09. The maximum absolute atomic E-state index is 15.7. The number of aliphatic hydroxyl groups is 1. The number of benzene rings is 1. The topological polar surface area (TPSA) is 118 Å². The van der Waals surface area contributed by atoms with Gasteiger partial charge in [-0.15, -0.1) is 11.3 Å². The lowest BCUT2D eigenvalue weighted by molar-refractivity contribution is -0.117. The number of carbonyl (C=O) groups excluding carboxylic acids is 1. The van der Waals surface area contributed by atoms with Crippen molar-refractivity contribution in [3.63, 3.8) is 0 Å². The lowest BCUT2D eigenvalue weighted by atomic mass is 9.97. The highest BCUT2D eigenvalue weighted by atomic mass is 32.1. The number of ether oxygens (including phenoxy) is 1. The number of rotatable bonds is 9. The summed E-state index contributed by atoms with van der Waals surface area (Å²) in [5.41, 5.74) is 2.74. The van der Waals surface area contributed by atoms with Gasteiger partial charge in [-0.1, -0.05) is 6.58 Å². The van der Waals surface area contributed by atoms with Crippen LogP contribution in [-0.2, 0) is 11.8 Å². The van der Waals surface area contributed by atoms with Gasteiger partial charge in [0.1, 0.15) is 41.1 Å². The van der Waals surface area contributed by atoms with Crippen LogP contribution in [0.3, 0.4) is 0 Å². The molecular weight excluding hydrogens is 538 g/mol. The molecule has 12 heteroatoms. The fourth-order valence-electron chi connectivity index (χ4n) is 4.32. The third kappa shape index (κ3) is 5.23. The highest BCUT2D eigenvalue weighted by Crippen LogP contribution is 2.46. The van der Waals surface area contributed by atoms with Crippen molar-refractivity contribution < 1.29 is 23.4 Å². The van der Waals surface area contributed by atoms with Crippen LogP contribution < -0.4 is 10.1 Å². The highest BCUT2D eigenvalue weighted by molar-refractivity contribution is 7.18. The second-order valence-corrected chi connectivity index (χ2v) is 10.3. The minimum atomic E-state index is -0.869. The van der Waals surface area contributed by atoms with E-state index < -0.39 is 23.8 Å². The molecule has 2 atom stereocenters. The van der Waals surface area contributed by atoms with Gasteiger partial charge < -0.3 is 19.7 Å². The predicted octanol–water partition coefficient (Wildman–Crippen LogP) is 5.15. The SMILES string of the molecule is C=CC(=O)NC(C)c1cc(-c2nc(-c3cn(C)cn3)c3ccsc3c2-c2c(F)cc(F)cc2OCC(C)O)n[nH]1. The molecule has 40 heavy (non-hydrogen) atoms. The van der Waals surface area contributed by atoms with Gasteiger partial charge in [0.15, 0.2) is 0 Å². The van der Waals surface area contributed by atoms with E-state index in [2.05, 4.69) is 27.1 Å². The number of aromatic nitrogens is 5. The molecular formula is C28H26F2N6O3S. The first-order valence-corrected chi connectivity index (χ1v) is 13.2. The van der Waals surface area contributed by atoms with Crippen LogP contribution in [0.25, 0.3) is 44.0 Å². The van der Waals surface area contributed by atoms with Gasteiger partial charge in [-0.2, -0.15) is 5.10 Å². The van der Waals surface area contributed by atoms with Crippen molar-refractivity contribution in [3.05, 3.63) is 72.2 Å². The molecule has 0 radical (unpaired) electrons. The van der Waals surface area contributed by atoms with E-state index in [-0.39, 0.29) is 23.8 Å². The Bertz CT molecular complexity index is 1720. The summed E-state index contributed by atoms with van der Waals surface area (Å²) in [4.78, 5) is 21.3. The fraction of sp³-hybridized carbons (Fsp3) is 0.214. The molecule has 9 nitrogen and oxygen atoms in total. The molecule has 1 amide bonds. The van der Waals surface area contributed by atoms with E-state index in [1.165, 1.54) is 24.3 Å². The van der Waals surface area contributed by atoms with Crippen molar-refractivity contribution in [2.75, 3.05) is 6.61 Å². The molecule has 0 bridgehead atoms. The Kier molecular flexibility index (Phi) is 7.46. The minimum Gasteiger partial charge on any atom is -0.490 e. The van der Waals surface area contributed by atoms with E-state index in [0.717, 1.165) is 17.5 Å². The summed E-state index contributed by atoms with van der Waals surface area (Å²) in [6, 6.07) is 5.00. The molecule has 0 fully saturated rings. The molecule has 0 spiro atoms. The van der Waals surface area contributed by atoms with E-state index in [1.54, 1.807) is 23.9 Å². The van der Waals surface area contributed by atoms with Gasteiger partial charge in [0, 0.05) is 41.0 Å². The molecule has 2 unspecified atom stereocenters. The third-order valence-electron chi connectivity index (χ3n) is 6.16. The zero-order valence-electron chi connectivity index (χ0n) is 21.9. The smallest absolute Gasteiger partial charge is 0.243 e. The number of hydrogen-bond donors (Lipinski definition) is 3. The van der Waals surface area contributed by atoms with Gasteiger partial charge in [-0.3, -0.25) is 9.89 Å². The predicted molar refractivity (Wildman–Crippen MR) is 149 cm³/mol. The largest absolute Gasteiger partial charge is 0.490 e. The molecule has 0 saturated heterocycles. The number of amides is 1. The Hall–Kier alpha value is -4.42. The molecule has 0 aliphatic heterocycles. The summed E-state index contributed by atoms with van der Waals surface area (Å²) >= 11 is 1.36. The molecule has 1 aromatic carbocycles. The van der Waals surface area contributed by atoms with Crippen LogP contribution in [0.4, 0.5) is 8.78 Å². The van der Waals surface area contributed by atoms with Crippen LogP contribution in [0.1, 0.15) is 25.6 Å². The van der Waals surface area contributed by atoms with Gasteiger partial charge in [0.25, 0.3) is 0 Å². The van der Waals surface area contributed by atoms with Gasteiger partial charge in [0.05, 0.1) is 35.4 Å². The van der Waals surface area contributed by atoms with Crippen LogP contribution in [0.15, 0.2) is 54.8 Å². The van der Waals surface area contributed by atoms with Crippen LogP contribution in [0, 0.1) is 11.6 Å². The Morgan fingerprint density at radius 2 is 2.05 bits per heavy atom. The molecule has 4 heterocycles. The molecule has 5 aromatic rings. The Morgan fingerprint density at radius 1 is 1.25 bits per heavy atom. The van der Waals surface area contributed by atoms with Gasteiger partial charge in [0.2, 0.25) is 5.91 Å². The summed E-state index contributed by atoms with van der Waals surface area (Å²) in [7, 11) is 1.84. The lowest BCUT2D eigenvalue weighted by Gasteiger charge is -2.17. The van der Waals surface area contributed by atoms with E-state index in [4.69, 9.17) is 9.72 Å².